The quantitative estimate of drug-likeness (QED) is 0.886. The summed E-state index contributed by atoms with van der Waals surface area (Å²) in [5.74, 6) is 1.16. The molecule has 100 valence electrons. The molecule has 0 aromatic heterocycles. The van der Waals surface area contributed by atoms with Crippen molar-refractivity contribution in [3.63, 3.8) is 0 Å². The zero-order valence-electron chi connectivity index (χ0n) is 10.7. The fourth-order valence-electron chi connectivity index (χ4n) is 1.82. The molecule has 2 N–H and O–H groups in total. The summed E-state index contributed by atoms with van der Waals surface area (Å²) >= 11 is 3.40. The van der Waals surface area contributed by atoms with E-state index in [2.05, 4.69) is 21.2 Å². The third-order valence-corrected chi connectivity index (χ3v) is 3.31. The molecule has 0 fully saturated rings. The first kappa shape index (κ1) is 13.9. The highest BCUT2D eigenvalue weighted by atomic mass is 79.9. The molecule has 0 amide bonds. The van der Waals surface area contributed by atoms with E-state index in [-0.39, 0.29) is 0 Å². The van der Waals surface area contributed by atoms with E-state index < -0.39 is 0 Å². The second-order valence-electron chi connectivity index (χ2n) is 4.23. The van der Waals surface area contributed by atoms with Gasteiger partial charge in [-0.15, -0.1) is 0 Å². The number of phenolic OH excluding ortho intramolecular Hbond substituents is 1. The number of benzene rings is 2. The molecular weight excluding hydrogens is 306 g/mol. The standard InChI is InChI=1S/C15H16BrNO2/c1-19-14-4-2-3-11(7-14)9-17-10-12-8-13(16)5-6-15(12)18/h2-8,17-18H,9-10H2,1H3. The van der Waals surface area contributed by atoms with Crippen LogP contribution in [0.5, 0.6) is 11.5 Å². The fraction of sp³-hybridized carbons (Fsp3) is 0.200. The molecule has 0 bridgehead atoms. The van der Waals surface area contributed by atoms with Crippen LogP contribution < -0.4 is 10.1 Å². The highest BCUT2D eigenvalue weighted by Gasteiger charge is 2.02. The maximum atomic E-state index is 9.73. The molecule has 0 radical (unpaired) electrons. The van der Waals surface area contributed by atoms with Crippen molar-refractivity contribution in [3.05, 3.63) is 58.1 Å². The van der Waals surface area contributed by atoms with Crippen LogP contribution >= 0.6 is 15.9 Å². The molecule has 2 aromatic rings. The van der Waals surface area contributed by atoms with Gasteiger partial charge in [-0.05, 0) is 35.9 Å². The molecular formula is C15H16BrNO2. The Kier molecular flexibility index (Phi) is 4.82. The van der Waals surface area contributed by atoms with Crippen molar-refractivity contribution in [1.29, 1.82) is 0 Å². The smallest absolute Gasteiger partial charge is 0.120 e. The van der Waals surface area contributed by atoms with Gasteiger partial charge in [-0.2, -0.15) is 0 Å². The minimum Gasteiger partial charge on any atom is -0.508 e. The molecule has 0 aliphatic rings. The summed E-state index contributed by atoms with van der Waals surface area (Å²) in [6.07, 6.45) is 0. The molecule has 0 saturated carbocycles. The monoisotopic (exact) mass is 321 g/mol. The third kappa shape index (κ3) is 3.98. The highest BCUT2D eigenvalue weighted by Crippen LogP contribution is 2.21. The lowest BCUT2D eigenvalue weighted by Gasteiger charge is -2.08. The molecule has 0 aliphatic heterocycles. The van der Waals surface area contributed by atoms with Gasteiger partial charge in [-0.3, -0.25) is 0 Å². The summed E-state index contributed by atoms with van der Waals surface area (Å²) in [5, 5.41) is 13.0. The molecule has 19 heavy (non-hydrogen) atoms. The van der Waals surface area contributed by atoms with Gasteiger partial charge in [0.2, 0.25) is 0 Å². The van der Waals surface area contributed by atoms with E-state index in [1.165, 1.54) is 0 Å². The van der Waals surface area contributed by atoms with Gasteiger partial charge in [-0.1, -0.05) is 28.1 Å². The normalized spacial score (nSPS) is 10.4. The van der Waals surface area contributed by atoms with Crippen molar-refractivity contribution >= 4 is 15.9 Å². The van der Waals surface area contributed by atoms with Crippen LogP contribution in [0, 0.1) is 0 Å². The Balaban J connectivity index is 1.94. The van der Waals surface area contributed by atoms with Crippen molar-refractivity contribution in [2.45, 2.75) is 13.1 Å². The van der Waals surface area contributed by atoms with Crippen LogP contribution in [0.3, 0.4) is 0 Å². The van der Waals surface area contributed by atoms with Crippen molar-refractivity contribution in [1.82, 2.24) is 5.32 Å². The third-order valence-electron chi connectivity index (χ3n) is 2.82. The molecule has 4 heteroatoms. The van der Waals surface area contributed by atoms with E-state index >= 15 is 0 Å². The number of phenols is 1. The van der Waals surface area contributed by atoms with Gasteiger partial charge in [0.25, 0.3) is 0 Å². The van der Waals surface area contributed by atoms with Crippen LogP contribution in [0.4, 0.5) is 0 Å². The number of rotatable bonds is 5. The average molecular weight is 322 g/mol. The molecule has 0 aliphatic carbocycles. The van der Waals surface area contributed by atoms with Crippen molar-refractivity contribution in [2.75, 3.05) is 7.11 Å². The van der Waals surface area contributed by atoms with Gasteiger partial charge in [0.15, 0.2) is 0 Å². The number of nitrogens with one attached hydrogen (secondary N) is 1. The fourth-order valence-corrected chi connectivity index (χ4v) is 2.23. The summed E-state index contributed by atoms with van der Waals surface area (Å²) in [5.41, 5.74) is 2.02. The number of ether oxygens (including phenoxy) is 1. The predicted molar refractivity (Wildman–Crippen MR) is 79.3 cm³/mol. The Morgan fingerprint density at radius 1 is 1.16 bits per heavy atom. The summed E-state index contributed by atoms with van der Waals surface area (Å²) in [6, 6.07) is 13.3. The van der Waals surface area contributed by atoms with E-state index in [1.807, 2.05) is 36.4 Å². The Morgan fingerprint density at radius 2 is 2.00 bits per heavy atom. The number of hydrogen-bond acceptors (Lipinski definition) is 3. The molecule has 2 rings (SSSR count). The molecule has 0 saturated heterocycles. The first-order chi connectivity index (χ1) is 9.19. The number of methoxy groups -OCH3 is 1. The first-order valence-corrected chi connectivity index (χ1v) is 6.79. The number of halogens is 1. The highest BCUT2D eigenvalue weighted by molar-refractivity contribution is 9.10. The Morgan fingerprint density at radius 3 is 2.79 bits per heavy atom. The lowest BCUT2D eigenvalue weighted by Crippen LogP contribution is -2.12. The maximum Gasteiger partial charge on any atom is 0.120 e. The topological polar surface area (TPSA) is 41.5 Å². The lowest BCUT2D eigenvalue weighted by atomic mass is 10.2. The number of hydrogen-bond donors (Lipinski definition) is 2. The first-order valence-electron chi connectivity index (χ1n) is 6.00. The van der Waals surface area contributed by atoms with Gasteiger partial charge < -0.3 is 15.2 Å². The summed E-state index contributed by atoms with van der Waals surface area (Å²) in [4.78, 5) is 0. The molecule has 0 spiro atoms. The van der Waals surface area contributed by atoms with Gasteiger partial charge >= 0.3 is 0 Å². The second kappa shape index (κ2) is 6.59. The van der Waals surface area contributed by atoms with E-state index in [0.717, 1.165) is 27.9 Å². The van der Waals surface area contributed by atoms with Gasteiger partial charge in [0.1, 0.15) is 11.5 Å². The van der Waals surface area contributed by atoms with Gasteiger partial charge in [-0.25, -0.2) is 0 Å². The van der Waals surface area contributed by atoms with Crippen LogP contribution in [0.2, 0.25) is 0 Å². The lowest BCUT2D eigenvalue weighted by molar-refractivity contribution is 0.414. The Bertz CT molecular complexity index is 558. The maximum absolute atomic E-state index is 9.73. The van der Waals surface area contributed by atoms with E-state index in [9.17, 15) is 5.11 Å². The largest absolute Gasteiger partial charge is 0.508 e. The summed E-state index contributed by atoms with van der Waals surface area (Å²) < 4.78 is 6.14. The zero-order chi connectivity index (χ0) is 13.7. The van der Waals surface area contributed by atoms with E-state index in [1.54, 1.807) is 13.2 Å². The van der Waals surface area contributed by atoms with Crippen molar-refractivity contribution < 1.29 is 9.84 Å². The molecule has 0 unspecified atom stereocenters. The van der Waals surface area contributed by atoms with Crippen molar-refractivity contribution in [3.8, 4) is 11.5 Å². The van der Waals surface area contributed by atoms with E-state index in [4.69, 9.17) is 4.74 Å². The average Bonchev–Trinajstić information content (AvgIpc) is 2.43. The Labute approximate surface area is 121 Å². The SMILES string of the molecule is COc1cccc(CNCc2cc(Br)ccc2O)c1. The van der Waals surface area contributed by atoms with Gasteiger partial charge in [0.05, 0.1) is 7.11 Å². The number of aromatic hydroxyl groups is 1. The predicted octanol–water partition coefficient (Wildman–Crippen LogP) is 3.45. The van der Waals surface area contributed by atoms with Crippen molar-refractivity contribution in [2.24, 2.45) is 0 Å². The molecule has 0 atom stereocenters. The summed E-state index contributed by atoms with van der Waals surface area (Å²) in [6.45, 7) is 1.34. The zero-order valence-corrected chi connectivity index (χ0v) is 12.3. The van der Waals surface area contributed by atoms with Crippen LogP contribution in [0.1, 0.15) is 11.1 Å². The minimum absolute atomic E-state index is 0.307. The van der Waals surface area contributed by atoms with Crippen LogP contribution in [0.25, 0.3) is 0 Å². The van der Waals surface area contributed by atoms with E-state index in [0.29, 0.717) is 12.3 Å². The van der Waals surface area contributed by atoms with Crippen LogP contribution in [-0.2, 0) is 13.1 Å². The molecule has 3 nitrogen and oxygen atoms in total. The molecule has 0 heterocycles. The Hall–Kier alpha value is -1.52. The van der Waals surface area contributed by atoms with Crippen LogP contribution in [-0.4, -0.2) is 12.2 Å². The van der Waals surface area contributed by atoms with Gasteiger partial charge in [0, 0.05) is 23.1 Å². The summed E-state index contributed by atoms with van der Waals surface area (Å²) in [7, 11) is 1.66. The molecule has 2 aromatic carbocycles. The second-order valence-corrected chi connectivity index (χ2v) is 5.14. The minimum atomic E-state index is 0.307. The van der Waals surface area contributed by atoms with Crippen LogP contribution in [0.15, 0.2) is 46.9 Å².